The molecule has 0 fully saturated rings. The van der Waals surface area contributed by atoms with Crippen LogP contribution in [-0.4, -0.2) is 37.2 Å². The molecular weight excluding hydrogens is 901 g/mol. The molecule has 0 bridgehead atoms. The number of ether oxygens (including phenoxy) is 3. The minimum atomic E-state index is -0.810. The van der Waals surface area contributed by atoms with Gasteiger partial charge in [0.2, 0.25) is 0 Å². The van der Waals surface area contributed by atoms with Crippen molar-refractivity contribution in [3.63, 3.8) is 0 Å². The lowest BCUT2D eigenvalue weighted by atomic mass is 10.1. The van der Waals surface area contributed by atoms with Gasteiger partial charge in [-0.05, 0) is 89.9 Å². The smallest absolute Gasteiger partial charge is 0.306 e. The van der Waals surface area contributed by atoms with Gasteiger partial charge in [-0.3, -0.25) is 14.4 Å². The maximum Gasteiger partial charge on any atom is 0.306 e. The number of esters is 3. The molecule has 0 saturated carbocycles. The van der Waals surface area contributed by atoms with Crippen molar-refractivity contribution in [2.24, 2.45) is 0 Å². The third-order valence-electron chi connectivity index (χ3n) is 12.3. The Kier molecular flexibility index (Phi) is 56.4. The quantitative estimate of drug-likeness (QED) is 0.0261. The van der Waals surface area contributed by atoms with E-state index in [0.717, 1.165) is 109 Å². The van der Waals surface area contributed by atoms with Crippen LogP contribution in [0.2, 0.25) is 0 Å². The van der Waals surface area contributed by atoms with Crippen LogP contribution >= 0.6 is 0 Å². The van der Waals surface area contributed by atoms with Gasteiger partial charge >= 0.3 is 17.9 Å². The van der Waals surface area contributed by atoms with Crippen molar-refractivity contribution in [3.05, 3.63) is 134 Å². The van der Waals surface area contributed by atoms with Crippen LogP contribution in [-0.2, 0) is 28.6 Å². The van der Waals surface area contributed by atoms with Gasteiger partial charge in [-0.2, -0.15) is 0 Å². The molecule has 0 aromatic carbocycles. The Labute approximate surface area is 449 Å². The molecule has 0 aromatic rings. The predicted octanol–water partition coefficient (Wildman–Crippen LogP) is 20.2. The summed E-state index contributed by atoms with van der Waals surface area (Å²) in [5.74, 6) is -0.956. The van der Waals surface area contributed by atoms with E-state index >= 15 is 0 Å². The summed E-state index contributed by atoms with van der Waals surface area (Å²) in [6, 6.07) is 0. The number of unbranched alkanes of at least 4 members (excludes halogenated alkanes) is 27. The molecule has 0 rings (SSSR count). The lowest BCUT2D eigenvalue weighted by Crippen LogP contribution is -2.30. The third-order valence-corrected chi connectivity index (χ3v) is 12.3. The summed E-state index contributed by atoms with van der Waals surface area (Å²) in [6.07, 6.45) is 84.2. The van der Waals surface area contributed by atoms with Gasteiger partial charge in [-0.1, -0.05) is 276 Å². The van der Waals surface area contributed by atoms with Crippen LogP contribution in [0.3, 0.4) is 0 Å². The average molecular weight is 1010 g/mol. The first kappa shape index (κ1) is 68.6. The van der Waals surface area contributed by atoms with E-state index in [1.165, 1.54) is 103 Å². The Morgan fingerprint density at radius 2 is 0.521 bits per heavy atom. The summed E-state index contributed by atoms with van der Waals surface area (Å²) in [5.41, 5.74) is 0. The largest absolute Gasteiger partial charge is 0.462 e. The molecule has 0 radical (unpaired) electrons. The number of carbonyl (C=O) groups is 3. The zero-order valence-corrected chi connectivity index (χ0v) is 47.1. The van der Waals surface area contributed by atoms with Gasteiger partial charge in [-0.25, -0.2) is 0 Å². The van der Waals surface area contributed by atoms with E-state index in [1.54, 1.807) is 0 Å². The molecule has 0 amide bonds. The molecule has 1 atom stereocenters. The number of carbonyl (C=O) groups excluding carboxylic acids is 3. The van der Waals surface area contributed by atoms with Crippen LogP contribution in [0.25, 0.3) is 0 Å². The standard InChI is InChI=1S/C67H108O6/c1-4-7-10-13-16-19-22-25-28-31-34-37-39-42-45-48-51-54-57-60-66(69)72-63-64(73-67(70)61-58-55-52-49-46-43-40-36-33-30-27-24-21-18-15-12-9-6-3)62-71-65(68)59-56-53-50-47-44-41-38-35-32-29-26-23-20-17-14-11-8-5-2/h12,15-27,29-30,32-33,35-36,38,40,64H,4-11,13-14,28,31,34,37,39,41-63H2,1-3H3/b15-12-,19-16-,20-17-,21-18-,25-22-,26-23-,27-24-,32-29-,33-30-,38-35-,40-36-. The maximum absolute atomic E-state index is 12.9. The van der Waals surface area contributed by atoms with Gasteiger partial charge in [0.25, 0.3) is 0 Å². The molecule has 0 aliphatic carbocycles. The van der Waals surface area contributed by atoms with E-state index < -0.39 is 6.10 Å². The fraction of sp³-hybridized carbons (Fsp3) is 0.627. The molecule has 0 heterocycles. The monoisotopic (exact) mass is 1010 g/mol. The second kappa shape index (κ2) is 60.1. The summed E-state index contributed by atoms with van der Waals surface area (Å²) in [6.45, 7) is 6.44. The van der Waals surface area contributed by atoms with Crippen molar-refractivity contribution in [1.82, 2.24) is 0 Å². The molecule has 0 spiro atoms. The number of allylic oxidation sites excluding steroid dienone is 22. The Bertz CT molecular complexity index is 1580. The predicted molar refractivity (Wildman–Crippen MR) is 316 cm³/mol. The highest BCUT2D eigenvalue weighted by Crippen LogP contribution is 2.15. The minimum Gasteiger partial charge on any atom is -0.462 e. The summed E-state index contributed by atoms with van der Waals surface area (Å²) in [5, 5.41) is 0. The van der Waals surface area contributed by atoms with Crippen molar-refractivity contribution in [3.8, 4) is 0 Å². The van der Waals surface area contributed by atoms with E-state index in [1.807, 2.05) is 24.3 Å². The molecule has 0 saturated heterocycles. The van der Waals surface area contributed by atoms with Gasteiger partial charge in [0.05, 0.1) is 0 Å². The molecule has 0 aliphatic heterocycles. The van der Waals surface area contributed by atoms with Crippen LogP contribution in [0, 0.1) is 0 Å². The second-order valence-corrected chi connectivity index (χ2v) is 19.4. The zero-order chi connectivity index (χ0) is 52.9. The van der Waals surface area contributed by atoms with E-state index in [4.69, 9.17) is 14.2 Å². The Morgan fingerprint density at radius 3 is 0.836 bits per heavy atom. The van der Waals surface area contributed by atoms with E-state index in [9.17, 15) is 14.4 Å². The van der Waals surface area contributed by atoms with Gasteiger partial charge in [0, 0.05) is 19.3 Å². The lowest BCUT2D eigenvalue weighted by Gasteiger charge is -2.18. The van der Waals surface area contributed by atoms with Crippen LogP contribution in [0.4, 0.5) is 0 Å². The van der Waals surface area contributed by atoms with Crippen LogP contribution in [0.5, 0.6) is 0 Å². The molecule has 73 heavy (non-hydrogen) atoms. The summed E-state index contributed by atoms with van der Waals surface area (Å²) in [4.78, 5) is 38.3. The number of rotatable bonds is 52. The Morgan fingerprint density at radius 1 is 0.274 bits per heavy atom. The van der Waals surface area contributed by atoms with Crippen molar-refractivity contribution in [2.75, 3.05) is 13.2 Å². The van der Waals surface area contributed by atoms with E-state index in [-0.39, 0.29) is 37.5 Å². The van der Waals surface area contributed by atoms with Crippen molar-refractivity contribution < 1.29 is 28.6 Å². The zero-order valence-electron chi connectivity index (χ0n) is 47.1. The fourth-order valence-electron chi connectivity index (χ4n) is 7.83. The summed E-state index contributed by atoms with van der Waals surface area (Å²) >= 11 is 0. The Hall–Kier alpha value is -4.45. The van der Waals surface area contributed by atoms with Gasteiger partial charge in [-0.15, -0.1) is 0 Å². The molecule has 0 N–H and O–H groups in total. The first-order valence-corrected chi connectivity index (χ1v) is 29.8. The van der Waals surface area contributed by atoms with E-state index in [0.29, 0.717) is 12.8 Å². The molecule has 412 valence electrons. The number of hydrogen-bond acceptors (Lipinski definition) is 6. The highest BCUT2D eigenvalue weighted by Gasteiger charge is 2.19. The summed E-state index contributed by atoms with van der Waals surface area (Å²) < 4.78 is 16.9. The first-order valence-electron chi connectivity index (χ1n) is 29.8. The lowest BCUT2D eigenvalue weighted by molar-refractivity contribution is -0.167. The van der Waals surface area contributed by atoms with Crippen molar-refractivity contribution in [1.29, 1.82) is 0 Å². The van der Waals surface area contributed by atoms with Gasteiger partial charge in [0.1, 0.15) is 13.2 Å². The molecule has 6 nitrogen and oxygen atoms in total. The maximum atomic E-state index is 12.9. The van der Waals surface area contributed by atoms with Crippen LogP contribution < -0.4 is 0 Å². The average Bonchev–Trinajstić information content (AvgIpc) is 3.39. The fourth-order valence-corrected chi connectivity index (χ4v) is 7.83. The van der Waals surface area contributed by atoms with Crippen molar-refractivity contribution >= 4 is 17.9 Å². The van der Waals surface area contributed by atoms with Gasteiger partial charge < -0.3 is 14.2 Å². The minimum absolute atomic E-state index is 0.103. The van der Waals surface area contributed by atoms with Crippen LogP contribution in [0.1, 0.15) is 252 Å². The molecule has 0 aromatic heterocycles. The van der Waals surface area contributed by atoms with Gasteiger partial charge in [0.15, 0.2) is 6.10 Å². The highest BCUT2D eigenvalue weighted by molar-refractivity contribution is 5.71. The highest BCUT2D eigenvalue weighted by atomic mass is 16.6. The normalized spacial score (nSPS) is 13.1. The topological polar surface area (TPSA) is 78.9 Å². The molecule has 0 aliphatic rings. The SMILES string of the molecule is CCC\C=C/C=C\C=C/C=C\C=C/CCCCCCCC(=O)OC(COC(=O)CCCCCCC\C=C/C=C\C=C/C=C\CCCCC)COC(=O)CCCCCCCCCCCC/C=C\C=C/CCCCC. The first-order chi connectivity index (χ1) is 36.0. The Balaban J connectivity index is 4.52. The molecule has 1 unspecified atom stereocenters. The van der Waals surface area contributed by atoms with Crippen LogP contribution in [0.15, 0.2) is 134 Å². The molecular formula is C67H108O6. The molecule has 6 heteroatoms. The summed E-state index contributed by atoms with van der Waals surface area (Å²) in [7, 11) is 0. The van der Waals surface area contributed by atoms with Crippen molar-refractivity contribution in [2.45, 2.75) is 258 Å². The third kappa shape index (κ3) is 58.3. The second-order valence-electron chi connectivity index (χ2n) is 19.4. The van der Waals surface area contributed by atoms with E-state index in [2.05, 4.69) is 130 Å². The number of hydrogen-bond donors (Lipinski definition) is 0.